The molecule has 25 heavy (non-hydrogen) atoms. The van der Waals surface area contributed by atoms with E-state index in [1.165, 1.54) is 0 Å². The zero-order valence-electron chi connectivity index (χ0n) is 13.6. The third kappa shape index (κ3) is 2.18. The zero-order chi connectivity index (χ0) is 17.1. The van der Waals surface area contributed by atoms with Crippen LogP contribution in [0.4, 0.5) is 0 Å². The zero-order valence-corrected chi connectivity index (χ0v) is 14.3. The fourth-order valence-electron chi connectivity index (χ4n) is 5.10. The van der Waals surface area contributed by atoms with Crippen molar-refractivity contribution >= 4 is 23.2 Å². The molecule has 4 heteroatoms. The van der Waals surface area contributed by atoms with Crippen LogP contribution in [0.25, 0.3) is 0 Å². The van der Waals surface area contributed by atoms with E-state index < -0.39 is 0 Å². The van der Waals surface area contributed by atoms with Gasteiger partial charge in [-0.25, -0.2) is 0 Å². The Kier molecular flexibility index (Phi) is 3.29. The first-order valence-electron chi connectivity index (χ1n) is 8.78. The first-order valence-corrected chi connectivity index (χ1v) is 9.16. The summed E-state index contributed by atoms with van der Waals surface area (Å²) in [5.41, 5.74) is 1.00. The molecule has 0 amide bonds. The Morgan fingerprint density at radius 2 is 1.56 bits per heavy atom. The van der Waals surface area contributed by atoms with Crippen molar-refractivity contribution in [2.75, 3.05) is 0 Å². The fourth-order valence-corrected chi connectivity index (χ4v) is 5.22. The van der Waals surface area contributed by atoms with Gasteiger partial charge in [0.2, 0.25) is 0 Å². The molecule has 0 saturated heterocycles. The minimum Gasteiger partial charge on any atom is -0.457 e. The standard InChI is InChI=1S/C21H17ClO3/c22-13-6-8-14(9-7-13)25-16-3-1-2-15-19(16)21(24)18-12-5-4-11(10-12)17(18)20(15)23/h1-3,6-9,11-12,17-18H,4-5,10H2. The van der Waals surface area contributed by atoms with Crippen LogP contribution in [0.1, 0.15) is 40.0 Å². The quantitative estimate of drug-likeness (QED) is 0.748. The van der Waals surface area contributed by atoms with Crippen LogP contribution in [0, 0.1) is 23.7 Å². The second-order valence-corrected chi connectivity index (χ2v) is 7.78. The summed E-state index contributed by atoms with van der Waals surface area (Å²) in [6.45, 7) is 0. The molecule has 0 aromatic heterocycles. The molecule has 3 aliphatic rings. The van der Waals surface area contributed by atoms with Gasteiger partial charge in [0.25, 0.3) is 0 Å². The van der Waals surface area contributed by atoms with Crippen molar-refractivity contribution in [1.82, 2.24) is 0 Å². The van der Waals surface area contributed by atoms with Crippen LogP contribution in [0.5, 0.6) is 11.5 Å². The average molecular weight is 353 g/mol. The summed E-state index contributed by atoms with van der Waals surface area (Å²) in [6.07, 6.45) is 3.18. The van der Waals surface area contributed by atoms with Gasteiger partial charge in [0, 0.05) is 22.4 Å². The van der Waals surface area contributed by atoms with E-state index >= 15 is 0 Å². The molecule has 3 aliphatic carbocycles. The van der Waals surface area contributed by atoms with Crippen LogP contribution in [-0.2, 0) is 0 Å². The van der Waals surface area contributed by atoms with Crippen LogP contribution >= 0.6 is 11.6 Å². The van der Waals surface area contributed by atoms with E-state index in [4.69, 9.17) is 16.3 Å². The van der Waals surface area contributed by atoms with E-state index in [0.29, 0.717) is 39.5 Å². The van der Waals surface area contributed by atoms with Crippen molar-refractivity contribution in [3.8, 4) is 11.5 Å². The van der Waals surface area contributed by atoms with E-state index in [2.05, 4.69) is 0 Å². The highest BCUT2D eigenvalue weighted by Gasteiger charge is 2.57. The largest absolute Gasteiger partial charge is 0.457 e. The minimum absolute atomic E-state index is 0.0939. The predicted octanol–water partition coefficient (Wildman–Crippen LogP) is 5.17. The monoisotopic (exact) mass is 352 g/mol. The van der Waals surface area contributed by atoms with Gasteiger partial charge in [-0.15, -0.1) is 0 Å². The number of Topliss-reactive ketones (excluding diaryl/α,β-unsaturated/α-hetero) is 2. The highest BCUT2D eigenvalue weighted by atomic mass is 35.5. The van der Waals surface area contributed by atoms with Gasteiger partial charge in [0.1, 0.15) is 11.5 Å². The Bertz CT molecular complexity index is 887. The third-order valence-corrected chi connectivity index (χ3v) is 6.35. The molecule has 0 aliphatic heterocycles. The third-order valence-electron chi connectivity index (χ3n) is 6.10. The lowest BCUT2D eigenvalue weighted by atomic mass is 9.67. The van der Waals surface area contributed by atoms with Gasteiger partial charge in [-0.1, -0.05) is 23.7 Å². The highest BCUT2D eigenvalue weighted by molar-refractivity contribution is 6.30. The predicted molar refractivity (Wildman–Crippen MR) is 94.4 cm³/mol. The molecule has 2 fully saturated rings. The smallest absolute Gasteiger partial charge is 0.171 e. The van der Waals surface area contributed by atoms with Gasteiger partial charge in [0.05, 0.1) is 5.56 Å². The van der Waals surface area contributed by atoms with Gasteiger partial charge >= 0.3 is 0 Å². The van der Waals surface area contributed by atoms with Gasteiger partial charge in [-0.3, -0.25) is 9.59 Å². The van der Waals surface area contributed by atoms with Crippen LogP contribution in [-0.4, -0.2) is 11.6 Å². The molecule has 2 saturated carbocycles. The maximum atomic E-state index is 13.2. The number of ether oxygens (including phenoxy) is 1. The van der Waals surface area contributed by atoms with Crippen LogP contribution in [0.15, 0.2) is 42.5 Å². The number of rotatable bonds is 2. The van der Waals surface area contributed by atoms with Crippen LogP contribution < -0.4 is 4.74 Å². The molecule has 4 unspecified atom stereocenters. The number of carbonyl (C=O) groups is 2. The van der Waals surface area contributed by atoms with Crippen molar-refractivity contribution in [3.63, 3.8) is 0 Å². The molecule has 2 bridgehead atoms. The fraction of sp³-hybridized carbons (Fsp3) is 0.333. The number of ketones is 2. The summed E-state index contributed by atoms with van der Waals surface area (Å²) in [5.74, 6) is 1.80. The number of carbonyl (C=O) groups excluding carboxylic acids is 2. The summed E-state index contributed by atoms with van der Waals surface area (Å²) in [6, 6.07) is 12.3. The molecular formula is C21H17ClO3. The van der Waals surface area contributed by atoms with E-state index in [1.807, 2.05) is 0 Å². The summed E-state index contributed by atoms with van der Waals surface area (Å²) in [5, 5.41) is 0.624. The Balaban J connectivity index is 1.59. The summed E-state index contributed by atoms with van der Waals surface area (Å²) >= 11 is 5.91. The molecule has 2 aromatic carbocycles. The Labute approximate surface area is 150 Å². The number of fused-ring (bicyclic) bond motifs is 6. The Morgan fingerprint density at radius 1 is 0.880 bits per heavy atom. The first-order chi connectivity index (χ1) is 12.1. The van der Waals surface area contributed by atoms with E-state index in [1.54, 1.807) is 42.5 Å². The average Bonchev–Trinajstić information content (AvgIpc) is 3.23. The normalized spacial score (nSPS) is 29.5. The topological polar surface area (TPSA) is 43.4 Å². The molecule has 0 heterocycles. The number of hydrogen-bond donors (Lipinski definition) is 0. The highest BCUT2D eigenvalue weighted by Crippen LogP contribution is 2.57. The molecule has 0 radical (unpaired) electrons. The SMILES string of the molecule is O=C1c2cccc(Oc3ccc(Cl)cc3)c2C(=O)C2C3CCC(C3)C12. The Morgan fingerprint density at radius 3 is 2.28 bits per heavy atom. The van der Waals surface area contributed by atoms with Crippen molar-refractivity contribution in [2.24, 2.45) is 23.7 Å². The molecule has 0 spiro atoms. The first kappa shape index (κ1) is 15.2. The number of halogens is 1. The number of hydrogen-bond acceptors (Lipinski definition) is 3. The molecule has 5 rings (SSSR count). The molecule has 0 N–H and O–H groups in total. The molecule has 3 nitrogen and oxygen atoms in total. The lowest BCUT2D eigenvalue weighted by molar-refractivity contribution is 0.0658. The maximum Gasteiger partial charge on any atom is 0.171 e. The molecule has 4 atom stereocenters. The van der Waals surface area contributed by atoms with Crippen molar-refractivity contribution in [1.29, 1.82) is 0 Å². The van der Waals surface area contributed by atoms with Crippen LogP contribution in [0.3, 0.4) is 0 Å². The van der Waals surface area contributed by atoms with E-state index in [0.717, 1.165) is 19.3 Å². The van der Waals surface area contributed by atoms with Gasteiger partial charge < -0.3 is 4.74 Å². The lowest BCUT2D eigenvalue weighted by Gasteiger charge is -2.34. The van der Waals surface area contributed by atoms with Gasteiger partial charge in [0.15, 0.2) is 11.6 Å². The van der Waals surface area contributed by atoms with E-state index in [9.17, 15) is 9.59 Å². The van der Waals surface area contributed by atoms with Crippen molar-refractivity contribution in [2.45, 2.75) is 19.3 Å². The van der Waals surface area contributed by atoms with Crippen molar-refractivity contribution < 1.29 is 14.3 Å². The number of benzene rings is 2. The van der Waals surface area contributed by atoms with Crippen LogP contribution in [0.2, 0.25) is 5.02 Å². The van der Waals surface area contributed by atoms with E-state index in [-0.39, 0.29) is 23.4 Å². The minimum atomic E-state index is -0.145. The van der Waals surface area contributed by atoms with Gasteiger partial charge in [-0.05, 0) is 61.4 Å². The van der Waals surface area contributed by atoms with Crippen molar-refractivity contribution in [3.05, 3.63) is 58.6 Å². The molecule has 2 aromatic rings. The summed E-state index contributed by atoms with van der Waals surface area (Å²) in [7, 11) is 0. The lowest BCUT2D eigenvalue weighted by Crippen LogP contribution is -2.40. The second-order valence-electron chi connectivity index (χ2n) is 7.35. The maximum absolute atomic E-state index is 13.2. The Hall–Kier alpha value is -2.13. The van der Waals surface area contributed by atoms with Gasteiger partial charge in [-0.2, -0.15) is 0 Å². The molecular weight excluding hydrogens is 336 g/mol. The summed E-state index contributed by atoms with van der Waals surface area (Å²) in [4.78, 5) is 26.3. The summed E-state index contributed by atoms with van der Waals surface area (Å²) < 4.78 is 5.95. The molecule has 126 valence electrons. The second kappa shape index (κ2) is 5.43.